The number of rotatable bonds is 4. The molecule has 0 saturated carbocycles. The Bertz CT molecular complexity index is 619. The number of benzene rings is 1. The molecule has 2 rings (SSSR count). The van der Waals surface area contributed by atoms with Gasteiger partial charge in [0, 0.05) is 19.4 Å². The summed E-state index contributed by atoms with van der Waals surface area (Å²) in [7, 11) is 1.68. The van der Waals surface area contributed by atoms with Crippen molar-refractivity contribution in [3.05, 3.63) is 53.4 Å². The van der Waals surface area contributed by atoms with Gasteiger partial charge in [-0.1, -0.05) is 6.92 Å². The van der Waals surface area contributed by atoms with Crippen molar-refractivity contribution in [1.82, 2.24) is 14.9 Å². The topological polar surface area (TPSA) is 29.9 Å². The maximum absolute atomic E-state index is 13.5. The molecule has 0 saturated heterocycles. The Morgan fingerprint density at radius 2 is 2.05 bits per heavy atom. The molecular formula is C14H15F4N3. The van der Waals surface area contributed by atoms with Crippen molar-refractivity contribution in [3.63, 3.8) is 0 Å². The van der Waals surface area contributed by atoms with Gasteiger partial charge in [0.25, 0.3) is 0 Å². The van der Waals surface area contributed by atoms with Crippen LogP contribution in [0.3, 0.4) is 0 Å². The van der Waals surface area contributed by atoms with E-state index in [0.29, 0.717) is 12.4 Å². The van der Waals surface area contributed by atoms with Gasteiger partial charge >= 0.3 is 6.18 Å². The number of hydrogen-bond donors (Lipinski definition) is 1. The van der Waals surface area contributed by atoms with Crippen molar-refractivity contribution >= 4 is 0 Å². The van der Waals surface area contributed by atoms with Crippen LogP contribution in [0.4, 0.5) is 17.6 Å². The average molecular weight is 301 g/mol. The summed E-state index contributed by atoms with van der Waals surface area (Å²) in [5.41, 5.74) is -1.03. The lowest BCUT2D eigenvalue weighted by Crippen LogP contribution is -2.27. The predicted octanol–water partition coefficient (Wildman–Crippen LogP) is 3.28. The van der Waals surface area contributed by atoms with Gasteiger partial charge in [-0.15, -0.1) is 0 Å². The Labute approximate surface area is 119 Å². The molecule has 0 bridgehead atoms. The third kappa shape index (κ3) is 3.24. The number of nitrogens with one attached hydrogen (secondary N) is 1. The Morgan fingerprint density at radius 3 is 2.57 bits per heavy atom. The smallest absolute Gasteiger partial charge is 0.336 e. The van der Waals surface area contributed by atoms with Crippen molar-refractivity contribution in [2.45, 2.75) is 19.1 Å². The van der Waals surface area contributed by atoms with E-state index in [9.17, 15) is 17.6 Å². The van der Waals surface area contributed by atoms with Crippen LogP contribution in [0.15, 0.2) is 30.6 Å². The normalized spacial score (nSPS) is 13.4. The van der Waals surface area contributed by atoms with E-state index in [0.717, 1.165) is 18.2 Å². The summed E-state index contributed by atoms with van der Waals surface area (Å²) in [6, 6.07) is 1.65. The van der Waals surface area contributed by atoms with Crippen LogP contribution < -0.4 is 5.32 Å². The highest BCUT2D eigenvalue weighted by Crippen LogP contribution is 2.36. The Balaban J connectivity index is 2.60. The van der Waals surface area contributed by atoms with E-state index >= 15 is 0 Å². The minimum absolute atomic E-state index is 0.168. The quantitative estimate of drug-likeness (QED) is 0.878. The summed E-state index contributed by atoms with van der Waals surface area (Å²) in [5.74, 6) is -0.317. The van der Waals surface area contributed by atoms with Gasteiger partial charge < -0.3 is 9.88 Å². The van der Waals surface area contributed by atoms with Gasteiger partial charge in [-0.3, -0.25) is 0 Å². The summed E-state index contributed by atoms with van der Waals surface area (Å²) in [4.78, 5) is 4.07. The largest absolute Gasteiger partial charge is 0.416 e. The van der Waals surface area contributed by atoms with E-state index in [1.807, 2.05) is 0 Å². The van der Waals surface area contributed by atoms with Crippen LogP contribution in [-0.4, -0.2) is 16.1 Å². The summed E-state index contributed by atoms with van der Waals surface area (Å²) in [6.45, 7) is 2.19. The summed E-state index contributed by atoms with van der Waals surface area (Å²) in [5, 5.41) is 2.93. The average Bonchev–Trinajstić information content (AvgIpc) is 2.80. The minimum atomic E-state index is -4.55. The molecule has 0 aliphatic carbocycles. The van der Waals surface area contributed by atoms with Crippen LogP contribution in [0.25, 0.3) is 0 Å². The third-order valence-electron chi connectivity index (χ3n) is 3.15. The van der Waals surface area contributed by atoms with E-state index in [2.05, 4.69) is 10.3 Å². The number of aryl methyl sites for hydroxylation is 1. The molecule has 1 unspecified atom stereocenters. The number of hydrogen-bond acceptors (Lipinski definition) is 2. The molecule has 0 radical (unpaired) electrons. The molecule has 7 heteroatoms. The molecule has 3 nitrogen and oxygen atoms in total. The first-order valence-corrected chi connectivity index (χ1v) is 6.41. The van der Waals surface area contributed by atoms with E-state index in [1.54, 1.807) is 24.7 Å². The van der Waals surface area contributed by atoms with Gasteiger partial charge in [-0.25, -0.2) is 9.37 Å². The standard InChI is InChI=1S/C14H15F4N3/c1-3-19-12(13-20-6-7-21(13)2)10-8-9(15)4-5-11(10)14(16,17)18/h4-8,12,19H,3H2,1-2H3. The Hall–Kier alpha value is -1.89. The minimum Gasteiger partial charge on any atom is -0.336 e. The lowest BCUT2D eigenvalue weighted by atomic mass is 9.98. The highest BCUT2D eigenvalue weighted by Gasteiger charge is 2.36. The van der Waals surface area contributed by atoms with Crippen LogP contribution in [0.2, 0.25) is 0 Å². The van der Waals surface area contributed by atoms with E-state index in [4.69, 9.17) is 0 Å². The van der Waals surface area contributed by atoms with E-state index < -0.39 is 23.6 Å². The molecule has 114 valence electrons. The van der Waals surface area contributed by atoms with Crippen molar-refractivity contribution < 1.29 is 17.6 Å². The number of imidazole rings is 1. The zero-order valence-electron chi connectivity index (χ0n) is 11.6. The van der Waals surface area contributed by atoms with Crippen LogP contribution in [0, 0.1) is 5.82 Å². The molecule has 0 amide bonds. The molecule has 21 heavy (non-hydrogen) atoms. The molecule has 0 aliphatic heterocycles. The van der Waals surface area contributed by atoms with Crippen molar-refractivity contribution in [3.8, 4) is 0 Å². The van der Waals surface area contributed by atoms with Gasteiger partial charge in [0.05, 0.1) is 11.6 Å². The highest BCUT2D eigenvalue weighted by molar-refractivity contribution is 5.36. The van der Waals surface area contributed by atoms with Gasteiger partial charge in [0.15, 0.2) is 0 Å². The zero-order chi connectivity index (χ0) is 15.6. The van der Waals surface area contributed by atoms with Crippen molar-refractivity contribution in [2.75, 3.05) is 6.54 Å². The first kappa shape index (κ1) is 15.5. The zero-order valence-corrected chi connectivity index (χ0v) is 11.6. The molecule has 0 aliphatic rings. The molecule has 0 spiro atoms. The Kier molecular flexibility index (Phi) is 4.32. The van der Waals surface area contributed by atoms with Crippen LogP contribution >= 0.6 is 0 Å². The first-order valence-electron chi connectivity index (χ1n) is 6.41. The predicted molar refractivity (Wildman–Crippen MR) is 70.1 cm³/mol. The number of halogens is 4. The fourth-order valence-corrected chi connectivity index (χ4v) is 2.23. The molecule has 1 heterocycles. The molecule has 2 aromatic rings. The molecule has 0 fully saturated rings. The summed E-state index contributed by atoms with van der Waals surface area (Å²) >= 11 is 0. The Morgan fingerprint density at radius 1 is 1.33 bits per heavy atom. The highest BCUT2D eigenvalue weighted by atomic mass is 19.4. The van der Waals surface area contributed by atoms with Crippen molar-refractivity contribution in [2.24, 2.45) is 7.05 Å². The van der Waals surface area contributed by atoms with Crippen molar-refractivity contribution in [1.29, 1.82) is 0 Å². The van der Waals surface area contributed by atoms with Crippen LogP contribution in [0.1, 0.15) is 29.9 Å². The maximum atomic E-state index is 13.5. The summed E-state index contributed by atoms with van der Waals surface area (Å²) < 4.78 is 54.5. The fourth-order valence-electron chi connectivity index (χ4n) is 2.23. The maximum Gasteiger partial charge on any atom is 0.416 e. The van der Waals surface area contributed by atoms with Gasteiger partial charge in [-0.05, 0) is 30.3 Å². The lowest BCUT2D eigenvalue weighted by Gasteiger charge is -2.22. The molecule has 1 atom stereocenters. The van der Waals surface area contributed by atoms with Gasteiger partial charge in [-0.2, -0.15) is 13.2 Å². The fraction of sp³-hybridized carbons (Fsp3) is 0.357. The van der Waals surface area contributed by atoms with Gasteiger partial charge in [0.2, 0.25) is 0 Å². The number of nitrogens with zero attached hydrogens (tertiary/aromatic N) is 2. The number of aromatic nitrogens is 2. The number of alkyl halides is 3. The third-order valence-corrected chi connectivity index (χ3v) is 3.15. The summed E-state index contributed by atoms with van der Waals surface area (Å²) in [6.07, 6.45) is -1.43. The van der Waals surface area contributed by atoms with E-state index in [1.165, 1.54) is 6.20 Å². The second kappa shape index (κ2) is 5.85. The SMILES string of the molecule is CCNC(c1cc(F)ccc1C(F)(F)F)c1nccn1C. The lowest BCUT2D eigenvalue weighted by molar-refractivity contribution is -0.138. The first-order chi connectivity index (χ1) is 9.84. The van der Waals surface area contributed by atoms with Gasteiger partial charge in [0.1, 0.15) is 11.6 Å². The molecule has 1 N–H and O–H groups in total. The second-order valence-electron chi connectivity index (χ2n) is 4.62. The molecule has 1 aromatic carbocycles. The second-order valence-corrected chi connectivity index (χ2v) is 4.62. The van der Waals surface area contributed by atoms with Crippen LogP contribution in [-0.2, 0) is 13.2 Å². The molecular weight excluding hydrogens is 286 g/mol. The monoisotopic (exact) mass is 301 g/mol. The van der Waals surface area contributed by atoms with E-state index in [-0.39, 0.29) is 5.56 Å². The van der Waals surface area contributed by atoms with Crippen LogP contribution in [0.5, 0.6) is 0 Å². The molecule has 1 aromatic heterocycles.